The monoisotopic (exact) mass is 287 g/mol. The zero-order valence-electron chi connectivity index (χ0n) is 10.1. The van der Waals surface area contributed by atoms with Crippen LogP contribution in [0.15, 0.2) is 29.8 Å². The van der Waals surface area contributed by atoms with Gasteiger partial charge in [-0.15, -0.1) is 11.3 Å². The number of nitrogens with zero attached hydrogens (tertiary/aromatic N) is 2. The number of aromatic nitrogens is 1. The molecule has 0 aliphatic carbocycles. The number of hydrogen-bond acceptors (Lipinski definition) is 4. The summed E-state index contributed by atoms with van der Waals surface area (Å²) in [5.41, 5.74) is 5.32. The lowest BCUT2D eigenvalue weighted by Gasteiger charge is -2.21. The van der Waals surface area contributed by atoms with Gasteiger partial charge in [0.1, 0.15) is 5.69 Å². The summed E-state index contributed by atoms with van der Waals surface area (Å²) in [6.07, 6.45) is -3.42. The van der Waals surface area contributed by atoms with Gasteiger partial charge < -0.3 is 10.6 Å². The zero-order valence-corrected chi connectivity index (χ0v) is 10.9. The molecule has 0 aromatic carbocycles. The number of nitrogen functional groups attached to an aromatic ring is 1. The van der Waals surface area contributed by atoms with Crippen LogP contribution in [0.5, 0.6) is 0 Å². The average Bonchev–Trinajstić information content (AvgIpc) is 2.80. The molecule has 2 N–H and O–H groups in total. The Balaban J connectivity index is 2.28. The van der Waals surface area contributed by atoms with Gasteiger partial charge in [0.15, 0.2) is 0 Å². The molecule has 0 spiro atoms. The van der Waals surface area contributed by atoms with Crippen molar-refractivity contribution >= 4 is 22.7 Å². The Labute approximate surface area is 112 Å². The number of pyridine rings is 1. The van der Waals surface area contributed by atoms with Crippen LogP contribution in [0.3, 0.4) is 0 Å². The Morgan fingerprint density at radius 3 is 2.74 bits per heavy atom. The predicted octanol–water partition coefficient (Wildman–Crippen LogP) is 3.38. The molecule has 0 atom stereocenters. The molecule has 0 amide bonds. The number of hydrogen-bond donors (Lipinski definition) is 1. The molecule has 2 rings (SSSR count). The molecule has 2 heterocycles. The number of anilines is 2. The highest BCUT2D eigenvalue weighted by Crippen LogP contribution is 2.32. The van der Waals surface area contributed by atoms with Crippen molar-refractivity contribution < 1.29 is 13.2 Å². The summed E-state index contributed by atoms with van der Waals surface area (Å²) in [4.78, 5) is 6.04. The number of nitrogens with two attached hydrogens (primary N) is 1. The van der Waals surface area contributed by atoms with Crippen LogP contribution in [0.4, 0.5) is 24.5 Å². The minimum Gasteiger partial charge on any atom is -0.396 e. The summed E-state index contributed by atoms with van der Waals surface area (Å²) in [6.45, 7) is 0.503. The van der Waals surface area contributed by atoms with Crippen molar-refractivity contribution in [2.75, 3.05) is 17.7 Å². The van der Waals surface area contributed by atoms with Crippen molar-refractivity contribution in [3.8, 4) is 0 Å². The highest BCUT2D eigenvalue weighted by molar-refractivity contribution is 7.09. The third-order valence-corrected chi connectivity index (χ3v) is 3.45. The fraction of sp³-hybridized carbons (Fsp3) is 0.250. The normalized spacial score (nSPS) is 11.6. The molecule has 2 aromatic rings. The maximum atomic E-state index is 12.6. The van der Waals surface area contributed by atoms with Crippen LogP contribution in [0.1, 0.15) is 10.6 Å². The summed E-state index contributed by atoms with van der Waals surface area (Å²) in [6, 6.07) is 4.79. The first kappa shape index (κ1) is 13.7. The Morgan fingerprint density at radius 2 is 2.16 bits per heavy atom. The van der Waals surface area contributed by atoms with E-state index in [4.69, 9.17) is 5.73 Å². The zero-order chi connectivity index (χ0) is 14.0. The number of alkyl halides is 3. The minimum absolute atomic E-state index is 0.229. The smallest absolute Gasteiger partial charge is 0.396 e. The van der Waals surface area contributed by atoms with Gasteiger partial charge in [-0.1, -0.05) is 6.07 Å². The summed E-state index contributed by atoms with van der Waals surface area (Å²) in [5, 5.41) is 1.92. The molecule has 102 valence electrons. The molecule has 0 aliphatic heterocycles. The van der Waals surface area contributed by atoms with Gasteiger partial charge in [0.05, 0.1) is 24.1 Å². The van der Waals surface area contributed by atoms with Crippen LogP contribution in [0.2, 0.25) is 0 Å². The lowest BCUT2D eigenvalue weighted by atomic mass is 10.2. The Bertz CT molecular complexity index is 552. The van der Waals surface area contributed by atoms with E-state index in [-0.39, 0.29) is 5.69 Å². The first-order chi connectivity index (χ1) is 8.88. The van der Waals surface area contributed by atoms with Gasteiger partial charge in [0.2, 0.25) is 0 Å². The Kier molecular flexibility index (Phi) is 3.66. The summed E-state index contributed by atoms with van der Waals surface area (Å²) >= 11 is 1.54. The Hall–Kier alpha value is -1.76. The van der Waals surface area contributed by atoms with Crippen molar-refractivity contribution in [1.29, 1.82) is 0 Å². The van der Waals surface area contributed by atoms with E-state index in [1.54, 1.807) is 23.3 Å². The quantitative estimate of drug-likeness (QED) is 0.941. The van der Waals surface area contributed by atoms with Crippen molar-refractivity contribution in [2.45, 2.75) is 12.7 Å². The van der Waals surface area contributed by atoms with E-state index in [9.17, 15) is 13.2 Å². The lowest BCUT2D eigenvalue weighted by Crippen LogP contribution is -2.19. The van der Waals surface area contributed by atoms with Crippen LogP contribution in [0, 0.1) is 0 Å². The summed E-state index contributed by atoms with van der Waals surface area (Å²) < 4.78 is 37.9. The molecule has 0 saturated carbocycles. The molecular formula is C12H12F3N3S. The number of halogens is 3. The molecule has 3 nitrogen and oxygen atoms in total. The highest BCUT2D eigenvalue weighted by atomic mass is 32.1. The molecule has 19 heavy (non-hydrogen) atoms. The van der Waals surface area contributed by atoms with Gasteiger partial charge in [-0.3, -0.25) is 0 Å². The standard InChI is InChI=1S/C12H12F3N3S/c1-18(7-8-3-2-4-19-8)10-5-11(12(13,14)15)17-6-9(10)16/h2-6H,7,16H2,1H3. The molecule has 0 saturated heterocycles. The molecule has 0 fully saturated rings. The molecule has 0 aliphatic rings. The van der Waals surface area contributed by atoms with E-state index in [1.165, 1.54) is 0 Å². The molecule has 0 radical (unpaired) electrons. The van der Waals surface area contributed by atoms with Crippen LogP contribution in [-0.4, -0.2) is 12.0 Å². The summed E-state index contributed by atoms with van der Waals surface area (Å²) in [5.74, 6) is 0. The van der Waals surface area contributed by atoms with Crippen LogP contribution < -0.4 is 10.6 Å². The van der Waals surface area contributed by atoms with Gasteiger partial charge in [0.25, 0.3) is 0 Å². The van der Waals surface area contributed by atoms with Crippen LogP contribution in [-0.2, 0) is 12.7 Å². The van der Waals surface area contributed by atoms with Gasteiger partial charge in [-0.05, 0) is 17.5 Å². The van der Waals surface area contributed by atoms with Crippen LogP contribution in [0.25, 0.3) is 0 Å². The summed E-state index contributed by atoms with van der Waals surface area (Å²) in [7, 11) is 1.70. The van der Waals surface area contributed by atoms with Crippen molar-refractivity contribution in [2.24, 2.45) is 0 Å². The van der Waals surface area contributed by atoms with Crippen LogP contribution >= 0.6 is 11.3 Å². The average molecular weight is 287 g/mol. The van der Waals surface area contributed by atoms with E-state index in [1.807, 2.05) is 17.5 Å². The number of rotatable bonds is 3. The predicted molar refractivity (Wildman–Crippen MR) is 70.1 cm³/mol. The van der Waals surface area contributed by atoms with E-state index in [0.29, 0.717) is 12.2 Å². The lowest BCUT2D eigenvalue weighted by molar-refractivity contribution is -0.141. The fourth-order valence-electron chi connectivity index (χ4n) is 1.66. The van der Waals surface area contributed by atoms with E-state index in [0.717, 1.165) is 17.1 Å². The second-order valence-corrected chi connectivity index (χ2v) is 5.09. The Morgan fingerprint density at radius 1 is 1.42 bits per heavy atom. The third-order valence-electron chi connectivity index (χ3n) is 2.59. The highest BCUT2D eigenvalue weighted by Gasteiger charge is 2.33. The van der Waals surface area contributed by atoms with Gasteiger partial charge in [-0.2, -0.15) is 13.2 Å². The van der Waals surface area contributed by atoms with Crippen molar-refractivity contribution in [1.82, 2.24) is 4.98 Å². The SMILES string of the molecule is CN(Cc1cccs1)c1cc(C(F)(F)F)ncc1N. The van der Waals surface area contributed by atoms with Gasteiger partial charge in [0, 0.05) is 11.9 Å². The molecular weight excluding hydrogens is 275 g/mol. The maximum absolute atomic E-state index is 12.6. The van der Waals surface area contributed by atoms with Gasteiger partial charge in [-0.25, -0.2) is 4.98 Å². The molecule has 0 bridgehead atoms. The largest absolute Gasteiger partial charge is 0.433 e. The van der Waals surface area contributed by atoms with E-state index < -0.39 is 11.9 Å². The van der Waals surface area contributed by atoms with E-state index >= 15 is 0 Å². The maximum Gasteiger partial charge on any atom is 0.433 e. The second kappa shape index (κ2) is 5.08. The first-order valence-corrected chi connectivity index (χ1v) is 6.32. The molecule has 7 heteroatoms. The van der Waals surface area contributed by atoms with Gasteiger partial charge >= 0.3 is 6.18 Å². The first-order valence-electron chi connectivity index (χ1n) is 5.44. The number of thiophene rings is 1. The molecule has 2 aromatic heterocycles. The minimum atomic E-state index is -4.47. The van der Waals surface area contributed by atoms with Crippen molar-refractivity contribution in [3.63, 3.8) is 0 Å². The second-order valence-electron chi connectivity index (χ2n) is 4.06. The van der Waals surface area contributed by atoms with Crippen molar-refractivity contribution in [3.05, 3.63) is 40.3 Å². The molecule has 0 unspecified atom stereocenters. The third kappa shape index (κ3) is 3.17. The van der Waals surface area contributed by atoms with E-state index in [2.05, 4.69) is 4.98 Å². The fourth-order valence-corrected chi connectivity index (χ4v) is 2.42. The topological polar surface area (TPSA) is 42.2 Å².